The Morgan fingerprint density at radius 2 is 2.03 bits per heavy atom. The second-order valence-corrected chi connectivity index (χ2v) is 10.2. The smallest absolute Gasteiger partial charge is 0.244 e. The van der Waals surface area contributed by atoms with Crippen molar-refractivity contribution in [2.75, 3.05) is 20.2 Å². The third-order valence-electron chi connectivity index (χ3n) is 7.14. The molecule has 7 nitrogen and oxygen atoms in total. The van der Waals surface area contributed by atoms with E-state index in [1.165, 1.54) is 0 Å². The minimum absolute atomic E-state index is 0.0608. The Kier molecular flexibility index (Phi) is 6.83. The van der Waals surface area contributed by atoms with Crippen molar-refractivity contribution in [2.24, 2.45) is 17.8 Å². The minimum atomic E-state index is -0.640. The van der Waals surface area contributed by atoms with Crippen molar-refractivity contribution < 1.29 is 19.5 Å². The normalized spacial score (nSPS) is 36.2. The van der Waals surface area contributed by atoms with E-state index in [2.05, 4.69) is 24.5 Å². The van der Waals surface area contributed by atoms with Gasteiger partial charge in [-0.25, -0.2) is 0 Å². The molecule has 1 spiro atoms. The van der Waals surface area contributed by atoms with Crippen LogP contribution in [-0.2, 0) is 14.4 Å². The van der Waals surface area contributed by atoms with Gasteiger partial charge in [-0.3, -0.25) is 14.4 Å². The number of carbonyl (C=O) groups is 3. The summed E-state index contributed by atoms with van der Waals surface area (Å²) in [6.07, 6.45) is 4.42. The highest BCUT2D eigenvalue weighted by molar-refractivity contribution is 8.02. The molecular weight excluding hydrogens is 390 g/mol. The number of aliphatic hydroxyl groups is 1. The average molecular weight is 426 g/mol. The van der Waals surface area contributed by atoms with E-state index < -0.39 is 28.7 Å². The van der Waals surface area contributed by atoms with Gasteiger partial charge in [0.15, 0.2) is 0 Å². The lowest BCUT2D eigenvalue weighted by atomic mass is 9.66. The van der Waals surface area contributed by atoms with Crippen LogP contribution in [0, 0.1) is 17.8 Å². The van der Waals surface area contributed by atoms with Crippen LogP contribution in [0.1, 0.15) is 52.9 Å². The summed E-state index contributed by atoms with van der Waals surface area (Å²) >= 11 is 1.67. The fourth-order valence-corrected chi connectivity index (χ4v) is 8.12. The second kappa shape index (κ2) is 8.84. The first kappa shape index (κ1) is 22.4. The zero-order valence-electron chi connectivity index (χ0n) is 17.9. The number of amides is 3. The molecule has 0 aromatic carbocycles. The highest BCUT2D eigenvalue weighted by Gasteiger charge is 2.76. The van der Waals surface area contributed by atoms with Gasteiger partial charge >= 0.3 is 0 Å². The molecule has 3 amide bonds. The first-order valence-corrected chi connectivity index (χ1v) is 11.9. The molecule has 0 aliphatic carbocycles. The van der Waals surface area contributed by atoms with E-state index in [4.69, 9.17) is 0 Å². The minimum Gasteiger partial charge on any atom is -0.394 e. The molecule has 0 radical (unpaired) electrons. The lowest BCUT2D eigenvalue weighted by Crippen LogP contribution is -2.58. The summed E-state index contributed by atoms with van der Waals surface area (Å²) in [6, 6.07) is -1.05. The molecule has 3 aliphatic rings. The van der Waals surface area contributed by atoms with Crippen molar-refractivity contribution in [3.8, 4) is 0 Å². The van der Waals surface area contributed by atoms with Crippen LogP contribution in [0.25, 0.3) is 0 Å². The van der Waals surface area contributed by atoms with Crippen LogP contribution in [0.4, 0.5) is 0 Å². The molecular formula is C21H35N3O4S. The number of nitrogens with one attached hydrogen (secondary N) is 2. The molecule has 29 heavy (non-hydrogen) atoms. The van der Waals surface area contributed by atoms with Gasteiger partial charge in [0.05, 0.1) is 29.2 Å². The van der Waals surface area contributed by atoms with Crippen molar-refractivity contribution >= 4 is 29.5 Å². The molecule has 3 saturated heterocycles. The molecule has 3 fully saturated rings. The van der Waals surface area contributed by atoms with Crippen molar-refractivity contribution in [3.05, 3.63) is 0 Å². The van der Waals surface area contributed by atoms with Gasteiger partial charge < -0.3 is 20.6 Å². The van der Waals surface area contributed by atoms with Crippen molar-refractivity contribution in [1.29, 1.82) is 0 Å². The van der Waals surface area contributed by atoms with Gasteiger partial charge in [0.2, 0.25) is 17.7 Å². The Bertz CT molecular complexity index is 656. The van der Waals surface area contributed by atoms with Gasteiger partial charge in [-0.05, 0) is 25.2 Å². The SMILES string of the molecule is CCCCCNC(=O)C1N([C@@H](CC)CO)C(=O)[C@@H]2[C@H](C(=O)NC)[C@@H]3CC(C)C12S3. The van der Waals surface area contributed by atoms with Gasteiger partial charge in [0.25, 0.3) is 0 Å². The summed E-state index contributed by atoms with van der Waals surface area (Å²) in [4.78, 5) is 41.4. The van der Waals surface area contributed by atoms with Crippen molar-refractivity contribution in [1.82, 2.24) is 15.5 Å². The van der Waals surface area contributed by atoms with Gasteiger partial charge in [0.1, 0.15) is 6.04 Å². The first-order valence-electron chi connectivity index (χ1n) is 11.0. The molecule has 3 rings (SSSR count). The van der Waals surface area contributed by atoms with Crippen LogP contribution in [0.5, 0.6) is 0 Å². The van der Waals surface area contributed by atoms with Crippen LogP contribution >= 0.6 is 11.8 Å². The van der Waals surface area contributed by atoms with Gasteiger partial charge in [-0.1, -0.05) is 33.6 Å². The quantitative estimate of drug-likeness (QED) is 0.481. The Morgan fingerprint density at radius 3 is 2.62 bits per heavy atom. The van der Waals surface area contributed by atoms with Crippen molar-refractivity contribution in [2.45, 2.75) is 75.0 Å². The van der Waals surface area contributed by atoms with Crippen LogP contribution in [-0.4, -0.2) is 70.0 Å². The highest BCUT2D eigenvalue weighted by atomic mass is 32.2. The fraction of sp³-hybridized carbons (Fsp3) is 0.857. The van der Waals surface area contributed by atoms with Crippen LogP contribution in [0.15, 0.2) is 0 Å². The summed E-state index contributed by atoms with van der Waals surface area (Å²) in [7, 11) is 1.60. The van der Waals surface area contributed by atoms with Crippen LogP contribution in [0.2, 0.25) is 0 Å². The Balaban J connectivity index is 1.99. The lowest BCUT2D eigenvalue weighted by molar-refractivity contribution is -0.142. The molecule has 164 valence electrons. The van der Waals surface area contributed by atoms with Gasteiger partial charge in [-0.2, -0.15) is 0 Å². The van der Waals surface area contributed by atoms with E-state index in [1.807, 2.05) is 6.92 Å². The second-order valence-electron chi connectivity index (χ2n) is 8.66. The standard InChI is InChI=1S/C21H35N3O4S/c1-5-7-8-9-23-19(27)17-21-12(3)10-14(29-21)15(18(26)22-4)16(21)20(28)24(17)13(6-2)11-25/h12-17,25H,5-11H2,1-4H3,(H,22,26)(H,23,27)/t12?,13-,14-,15+,16-,17?,21?/m0/s1. The Morgan fingerprint density at radius 1 is 1.31 bits per heavy atom. The number of unbranched alkanes of at least 4 members (excludes halogenated alkanes) is 2. The monoisotopic (exact) mass is 425 g/mol. The van der Waals surface area contributed by atoms with E-state index in [0.29, 0.717) is 13.0 Å². The van der Waals surface area contributed by atoms with E-state index >= 15 is 0 Å². The number of hydrogen-bond acceptors (Lipinski definition) is 5. The number of carbonyl (C=O) groups excluding carboxylic acids is 3. The maximum Gasteiger partial charge on any atom is 0.244 e. The highest BCUT2D eigenvalue weighted by Crippen LogP contribution is 2.68. The maximum atomic E-state index is 13.6. The third-order valence-corrected chi connectivity index (χ3v) is 9.21. The summed E-state index contributed by atoms with van der Waals surface area (Å²) in [6.45, 7) is 6.54. The molecule has 3 aliphatic heterocycles. The number of thioether (sulfide) groups is 1. The summed E-state index contributed by atoms with van der Waals surface area (Å²) in [5, 5.41) is 15.8. The predicted molar refractivity (Wildman–Crippen MR) is 113 cm³/mol. The zero-order valence-corrected chi connectivity index (χ0v) is 18.8. The third kappa shape index (κ3) is 3.36. The molecule has 3 N–H and O–H groups in total. The molecule has 0 aromatic rings. The summed E-state index contributed by atoms with van der Waals surface area (Å²) in [5.74, 6) is -1.16. The predicted octanol–water partition coefficient (Wildman–Crippen LogP) is 1.15. The topological polar surface area (TPSA) is 98.7 Å². The molecule has 0 saturated carbocycles. The molecule has 3 heterocycles. The number of hydrogen-bond donors (Lipinski definition) is 3. The first-order chi connectivity index (χ1) is 13.9. The number of aliphatic hydroxyl groups excluding tert-OH is 1. The Hall–Kier alpha value is -1.28. The van der Waals surface area contributed by atoms with Crippen LogP contribution in [0.3, 0.4) is 0 Å². The van der Waals surface area contributed by atoms with Gasteiger partial charge in [-0.15, -0.1) is 11.8 Å². The summed E-state index contributed by atoms with van der Waals surface area (Å²) in [5.41, 5.74) is 0. The number of rotatable bonds is 9. The maximum absolute atomic E-state index is 13.6. The molecule has 3 unspecified atom stereocenters. The molecule has 0 aromatic heterocycles. The van der Waals surface area contributed by atoms with Crippen LogP contribution < -0.4 is 10.6 Å². The number of nitrogens with zero attached hydrogens (tertiary/aromatic N) is 1. The molecule has 8 heteroatoms. The number of fused-ring (bicyclic) bond motifs is 1. The van der Waals surface area contributed by atoms with Gasteiger partial charge in [0, 0.05) is 18.8 Å². The Labute approximate surface area is 177 Å². The molecule has 7 atom stereocenters. The lowest BCUT2D eigenvalue weighted by Gasteiger charge is -2.40. The summed E-state index contributed by atoms with van der Waals surface area (Å²) < 4.78 is -0.601. The average Bonchev–Trinajstić information content (AvgIpc) is 3.30. The zero-order chi connectivity index (χ0) is 21.3. The fourth-order valence-electron chi connectivity index (χ4n) is 5.72. The van der Waals surface area contributed by atoms with E-state index in [0.717, 1.165) is 25.7 Å². The largest absolute Gasteiger partial charge is 0.394 e. The van der Waals surface area contributed by atoms with E-state index in [1.54, 1.807) is 23.7 Å². The number of likely N-dealkylation sites (tertiary alicyclic amines) is 1. The molecule has 2 bridgehead atoms. The van der Waals surface area contributed by atoms with Crippen molar-refractivity contribution in [3.63, 3.8) is 0 Å². The van der Waals surface area contributed by atoms with E-state index in [-0.39, 0.29) is 35.5 Å². The van der Waals surface area contributed by atoms with E-state index in [9.17, 15) is 19.5 Å².